The van der Waals surface area contributed by atoms with Crippen LogP contribution in [0.15, 0.2) is 0 Å². The van der Waals surface area contributed by atoms with Crippen LogP contribution >= 0.6 is 0 Å². The van der Waals surface area contributed by atoms with E-state index in [9.17, 15) is 14.7 Å². The van der Waals surface area contributed by atoms with E-state index in [1.807, 2.05) is 6.92 Å². The van der Waals surface area contributed by atoms with Crippen molar-refractivity contribution in [1.29, 1.82) is 0 Å². The van der Waals surface area contributed by atoms with Crippen molar-refractivity contribution in [2.24, 2.45) is 16.6 Å². The molecule has 19 heavy (non-hydrogen) atoms. The molecule has 0 spiro atoms. The lowest BCUT2D eigenvalue weighted by Crippen LogP contribution is -2.52. The molecular formula is C14H24N2O3. The van der Waals surface area contributed by atoms with Crippen LogP contribution in [0.4, 0.5) is 0 Å². The minimum Gasteiger partial charge on any atom is -0.481 e. The molecule has 108 valence electrons. The van der Waals surface area contributed by atoms with Gasteiger partial charge in [0, 0.05) is 19.6 Å². The normalized spacial score (nSPS) is 29.1. The van der Waals surface area contributed by atoms with E-state index in [-0.39, 0.29) is 11.3 Å². The summed E-state index contributed by atoms with van der Waals surface area (Å²) in [5.74, 6) is -0.680. The molecule has 2 fully saturated rings. The van der Waals surface area contributed by atoms with Crippen molar-refractivity contribution in [3.05, 3.63) is 0 Å². The Morgan fingerprint density at radius 1 is 1.26 bits per heavy atom. The number of amides is 1. The summed E-state index contributed by atoms with van der Waals surface area (Å²) in [4.78, 5) is 25.8. The summed E-state index contributed by atoms with van der Waals surface area (Å²) in [6, 6.07) is 0. The first-order chi connectivity index (χ1) is 8.99. The van der Waals surface area contributed by atoms with Crippen LogP contribution in [0.3, 0.4) is 0 Å². The topological polar surface area (TPSA) is 83.6 Å². The fourth-order valence-electron chi connectivity index (χ4n) is 3.45. The third-order valence-electron chi connectivity index (χ3n) is 4.98. The number of hydrogen-bond acceptors (Lipinski definition) is 3. The number of nitrogens with two attached hydrogens (primary N) is 1. The monoisotopic (exact) mass is 268 g/mol. The Balaban J connectivity index is 2.08. The first kappa shape index (κ1) is 14.3. The van der Waals surface area contributed by atoms with Gasteiger partial charge in [-0.05, 0) is 25.7 Å². The largest absolute Gasteiger partial charge is 0.481 e. The number of carboxylic acids is 1. The lowest BCUT2D eigenvalue weighted by atomic mass is 9.68. The van der Waals surface area contributed by atoms with Crippen molar-refractivity contribution in [3.63, 3.8) is 0 Å². The van der Waals surface area contributed by atoms with Crippen molar-refractivity contribution in [3.8, 4) is 0 Å². The highest BCUT2D eigenvalue weighted by atomic mass is 16.4. The van der Waals surface area contributed by atoms with Crippen LogP contribution in [0.25, 0.3) is 0 Å². The fraction of sp³-hybridized carbons (Fsp3) is 0.857. The molecule has 1 aliphatic heterocycles. The van der Waals surface area contributed by atoms with E-state index in [2.05, 4.69) is 0 Å². The number of carbonyl (C=O) groups is 2. The van der Waals surface area contributed by atoms with E-state index in [0.29, 0.717) is 32.5 Å². The zero-order valence-electron chi connectivity index (χ0n) is 11.7. The zero-order valence-corrected chi connectivity index (χ0v) is 11.7. The van der Waals surface area contributed by atoms with Crippen molar-refractivity contribution in [1.82, 2.24) is 4.90 Å². The van der Waals surface area contributed by atoms with E-state index < -0.39 is 11.4 Å². The predicted molar refractivity (Wildman–Crippen MR) is 71.5 cm³/mol. The number of nitrogens with zero attached hydrogens (tertiary/aromatic N) is 1. The van der Waals surface area contributed by atoms with Crippen molar-refractivity contribution >= 4 is 11.9 Å². The van der Waals surface area contributed by atoms with E-state index in [1.54, 1.807) is 4.90 Å². The van der Waals surface area contributed by atoms with Crippen molar-refractivity contribution in [2.75, 3.05) is 19.6 Å². The molecule has 1 amide bonds. The van der Waals surface area contributed by atoms with Crippen molar-refractivity contribution in [2.45, 2.75) is 45.4 Å². The SMILES string of the molecule is CCCC1(C(=O)O)CCN(C(=O)C2(CN)CCC2)C1. The number of likely N-dealkylation sites (tertiary alicyclic amines) is 1. The number of carboxylic acid groups (broad SMARTS) is 1. The molecule has 3 N–H and O–H groups in total. The minimum absolute atomic E-state index is 0.0838. The molecule has 0 radical (unpaired) electrons. The number of hydrogen-bond donors (Lipinski definition) is 2. The summed E-state index contributed by atoms with van der Waals surface area (Å²) >= 11 is 0. The molecular weight excluding hydrogens is 244 g/mol. The molecule has 5 nitrogen and oxygen atoms in total. The average molecular weight is 268 g/mol. The Labute approximate surface area is 114 Å². The summed E-state index contributed by atoms with van der Waals surface area (Å²) in [7, 11) is 0. The Hall–Kier alpha value is -1.10. The third-order valence-corrected chi connectivity index (χ3v) is 4.98. The van der Waals surface area contributed by atoms with Gasteiger partial charge >= 0.3 is 5.97 Å². The molecule has 2 aliphatic rings. The second-order valence-electron chi connectivity index (χ2n) is 6.15. The molecule has 1 atom stereocenters. The Morgan fingerprint density at radius 3 is 2.37 bits per heavy atom. The summed E-state index contributed by atoms with van der Waals surface area (Å²) < 4.78 is 0. The fourth-order valence-corrected chi connectivity index (χ4v) is 3.45. The number of rotatable bonds is 5. The molecule has 1 unspecified atom stereocenters. The first-order valence-electron chi connectivity index (χ1n) is 7.22. The number of carbonyl (C=O) groups excluding carboxylic acids is 1. The summed E-state index contributed by atoms with van der Waals surface area (Å²) in [5.41, 5.74) is 4.64. The molecule has 2 rings (SSSR count). The average Bonchev–Trinajstić information content (AvgIpc) is 2.74. The van der Waals surface area contributed by atoms with Crippen LogP contribution in [-0.4, -0.2) is 41.5 Å². The third kappa shape index (κ3) is 2.24. The van der Waals surface area contributed by atoms with Gasteiger partial charge in [0.05, 0.1) is 10.8 Å². The van der Waals surface area contributed by atoms with Gasteiger partial charge < -0.3 is 15.7 Å². The maximum Gasteiger partial charge on any atom is 0.311 e. The highest BCUT2D eigenvalue weighted by Crippen LogP contribution is 2.44. The molecule has 5 heteroatoms. The van der Waals surface area contributed by atoms with Gasteiger partial charge in [0.2, 0.25) is 5.91 Å². The Morgan fingerprint density at radius 2 is 1.95 bits per heavy atom. The maximum absolute atomic E-state index is 12.5. The Bertz CT molecular complexity index is 373. The Kier molecular flexibility index (Phi) is 3.85. The van der Waals surface area contributed by atoms with Crippen LogP contribution < -0.4 is 5.73 Å². The summed E-state index contributed by atoms with van der Waals surface area (Å²) in [6.07, 6.45) is 4.80. The molecule has 0 aromatic rings. The van der Waals surface area contributed by atoms with Crippen molar-refractivity contribution < 1.29 is 14.7 Å². The summed E-state index contributed by atoms with van der Waals surface area (Å²) in [5, 5.41) is 9.46. The quantitative estimate of drug-likeness (QED) is 0.785. The van der Waals surface area contributed by atoms with Gasteiger partial charge in [0.25, 0.3) is 0 Å². The highest BCUT2D eigenvalue weighted by molar-refractivity contribution is 5.86. The van der Waals surface area contributed by atoms with Crippen LogP contribution in [0.1, 0.15) is 45.4 Å². The first-order valence-corrected chi connectivity index (χ1v) is 7.22. The van der Waals surface area contributed by atoms with E-state index in [1.165, 1.54) is 0 Å². The second-order valence-corrected chi connectivity index (χ2v) is 6.15. The molecule has 1 saturated carbocycles. The van der Waals surface area contributed by atoms with Crippen LogP contribution in [0.2, 0.25) is 0 Å². The molecule has 1 heterocycles. The van der Waals surface area contributed by atoms with Gasteiger partial charge in [0.1, 0.15) is 0 Å². The molecule has 0 aromatic carbocycles. The van der Waals surface area contributed by atoms with E-state index in [0.717, 1.165) is 25.7 Å². The van der Waals surface area contributed by atoms with E-state index in [4.69, 9.17) is 5.73 Å². The number of aliphatic carboxylic acids is 1. The smallest absolute Gasteiger partial charge is 0.311 e. The van der Waals surface area contributed by atoms with Gasteiger partial charge in [0.15, 0.2) is 0 Å². The lowest BCUT2D eigenvalue weighted by Gasteiger charge is -2.42. The highest BCUT2D eigenvalue weighted by Gasteiger charge is 2.51. The van der Waals surface area contributed by atoms with Crippen LogP contribution in [0.5, 0.6) is 0 Å². The standard InChI is InChI=1S/C14H24N2O3/c1-2-4-14(12(18)19)7-8-16(10-14)11(17)13(9-15)5-3-6-13/h2-10,15H2,1H3,(H,18,19). The van der Waals surface area contributed by atoms with Gasteiger partial charge in [-0.25, -0.2) is 0 Å². The van der Waals surface area contributed by atoms with Crippen LogP contribution in [0, 0.1) is 10.8 Å². The predicted octanol–water partition coefficient (Wildman–Crippen LogP) is 1.22. The van der Waals surface area contributed by atoms with Gasteiger partial charge in [-0.3, -0.25) is 9.59 Å². The minimum atomic E-state index is -0.764. The van der Waals surface area contributed by atoms with Gasteiger partial charge in [-0.1, -0.05) is 19.8 Å². The van der Waals surface area contributed by atoms with E-state index >= 15 is 0 Å². The van der Waals surface area contributed by atoms with Gasteiger partial charge in [-0.15, -0.1) is 0 Å². The second kappa shape index (κ2) is 5.12. The zero-order chi connectivity index (χ0) is 14.1. The van der Waals surface area contributed by atoms with Crippen LogP contribution in [-0.2, 0) is 9.59 Å². The molecule has 0 bridgehead atoms. The lowest BCUT2D eigenvalue weighted by molar-refractivity contribution is -0.151. The molecule has 0 aromatic heterocycles. The molecule has 1 saturated heterocycles. The molecule has 1 aliphatic carbocycles. The summed E-state index contributed by atoms with van der Waals surface area (Å²) in [6.45, 7) is 3.29. The maximum atomic E-state index is 12.5. The van der Waals surface area contributed by atoms with Gasteiger partial charge in [-0.2, -0.15) is 0 Å².